The Kier molecular flexibility index (Phi) is 9.99. The zero-order valence-corrected chi connectivity index (χ0v) is 24.6. The predicted molar refractivity (Wildman–Crippen MR) is 140 cm³/mol. The summed E-state index contributed by atoms with van der Waals surface area (Å²) in [5, 5.41) is 9.61. The van der Waals surface area contributed by atoms with Gasteiger partial charge in [-0.1, -0.05) is 73.6 Å². The summed E-state index contributed by atoms with van der Waals surface area (Å²) in [6, 6.07) is 16.6. The number of pyridine rings is 1. The molecule has 2 aromatic carbocycles. The van der Waals surface area contributed by atoms with E-state index in [2.05, 4.69) is 97.9 Å². The smallest absolute Gasteiger partial charge is 0.155 e. The summed E-state index contributed by atoms with van der Waals surface area (Å²) in [4.78, 5) is 15.1. The van der Waals surface area contributed by atoms with E-state index in [1.54, 1.807) is 0 Å². The molecular weight excluding hydrogens is 599 g/mol. The quantitative estimate of drug-likeness (QED) is 0.177. The van der Waals surface area contributed by atoms with E-state index in [1.807, 2.05) is 0 Å². The first-order valence-corrected chi connectivity index (χ1v) is 11.4. The van der Waals surface area contributed by atoms with E-state index < -0.39 is 0 Å². The first kappa shape index (κ1) is 29.7. The third-order valence-corrected chi connectivity index (χ3v) is 5.60. The molecule has 4 heteroatoms. The number of carbonyl (C=O) groups excluding carboxylic acids is 1. The number of allylic oxidation sites excluding steroid dienone is 2. The van der Waals surface area contributed by atoms with Gasteiger partial charge in [-0.25, -0.2) is 0 Å². The molecule has 185 valence electrons. The van der Waals surface area contributed by atoms with E-state index in [0.717, 1.165) is 16.8 Å². The fourth-order valence-electron chi connectivity index (χ4n) is 3.55. The number of aliphatic hydroxyl groups excluding tert-OH is 1. The molecule has 1 N–H and O–H groups in total. The maximum atomic E-state index is 10.0. The molecule has 0 atom stereocenters. The number of hydrogen-bond acceptors (Lipinski definition) is 3. The van der Waals surface area contributed by atoms with E-state index in [0.29, 0.717) is 0 Å². The van der Waals surface area contributed by atoms with Crippen molar-refractivity contribution in [1.29, 1.82) is 0 Å². The van der Waals surface area contributed by atoms with Crippen LogP contribution in [0.15, 0.2) is 48.2 Å². The van der Waals surface area contributed by atoms with Gasteiger partial charge in [-0.05, 0) is 47.6 Å². The molecule has 0 aliphatic carbocycles. The molecular formula is C30H38IrNO2-. The fraction of sp³-hybridized carbons (Fsp3) is 0.400. The van der Waals surface area contributed by atoms with Gasteiger partial charge in [0.15, 0.2) is 5.78 Å². The molecule has 0 aliphatic heterocycles. The van der Waals surface area contributed by atoms with Gasteiger partial charge in [0.1, 0.15) is 0 Å². The molecule has 0 spiro atoms. The van der Waals surface area contributed by atoms with Crippen molar-refractivity contribution < 1.29 is 30.0 Å². The maximum Gasteiger partial charge on any atom is 0.155 e. The number of carbonyl (C=O) groups is 1. The Morgan fingerprint density at radius 2 is 1.56 bits per heavy atom. The second-order valence-corrected chi connectivity index (χ2v) is 10.9. The Labute approximate surface area is 219 Å². The average Bonchev–Trinajstić information content (AvgIpc) is 2.66. The summed E-state index contributed by atoms with van der Waals surface area (Å²) < 4.78 is 0. The van der Waals surface area contributed by atoms with Crippen LogP contribution < -0.4 is 0 Å². The minimum absolute atomic E-state index is 0. The third kappa shape index (κ3) is 7.89. The van der Waals surface area contributed by atoms with Crippen LogP contribution in [0.25, 0.3) is 22.2 Å². The van der Waals surface area contributed by atoms with Gasteiger partial charge in [0.05, 0.1) is 11.3 Å². The largest absolute Gasteiger partial charge is 0.512 e. The molecule has 1 aromatic heterocycles. The van der Waals surface area contributed by atoms with Crippen LogP contribution in [-0.2, 0) is 35.7 Å². The molecule has 1 heterocycles. The second kappa shape index (κ2) is 11.4. The minimum atomic E-state index is -0.125. The molecule has 0 unspecified atom stereocenters. The molecule has 3 nitrogen and oxygen atoms in total. The van der Waals surface area contributed by atoms with E-state index in [9.17, 15) is 4.79 Å². The molecule has 34 heavy (non-hydrogen) atoms. The van der Waals surface area contributed by atoms with Crippen LogP contribution in [0.2, 0.25) is 0 Å². The summed E-state index contributed by atoms with van der Waals surface area (Å²) in [5.41, 5.74) is 8.55. The van der Waals surface area contributed by atoms with Gasteiger partial charge >= 0.3 is 0 Å². The molecule has 0 aliphatic rings. The molecule has 0 fully saturated rings. The number of aryl methyl sites for hydroxylation is 2. The molecule has 0 saturated heterocycles. The fourth-order valence-corrected chi connectivity index (χ4v) is 3.55. The Bertz CT molecular complexity index is 1190. The number of ketones is 1. The van der Waals surface area contributed by atoms with Crippen LogP contribution in [0.5, 0.6) is 0 Å². The van der Waals surface area contributed by atoms with Crippen LogP contribution in [0, 0.1) is 19.9 Å². The third-order valence-electron chi connectivity index (χ3n) is 5.60. The number of fused-ring (bicyclic) bond motifs is 1. The number of hydrogen-bond donors (Lipinski definition) is 1. The number of nitrogens with zero attached hydrogens (tertiary/aromatic N) is 1. The molecule has 3 rings (SSSR count). The van der Waals surface area contributed by atoms with Crippen molar-refractivity contribution in [3.63, 3.8) is 0 Å². The first-order valence-electron chi connectivity index (χ1n) is 11.4. The standard InChI is InChI=1S/C25H30N.C5H8O2.Ir/c1-16-9-10-18(13-17(16)2)22-12-11-20-21(25(6,7)8)14-19(24(3,4)5)15-23(20)26-22;1-4(6)3-5(2)7;/h9,11-15H,1-8H3;3,6H,1-2H3;/q-1;;/b;4-3-;. The molecule has 0 amide bonds. The van der Waals surface area contributed by atoms with Gasteiger partial charge in [-0.3, -0.25) is 9.78 Å². The van der Waals surface area contributed by atoms with Crippen molar-refractivity contribution in [2.75, 3.05) is 0 Å². The average molecular weight is 637 g/mol. The summed E-state index contributed by atoms with van der Waals surface area (Å²) in [6.07, 6.45) is 1.17. The zero-order valence-electron chi connectivity index (χ0n) is 22.2. The van der Waals surface area contributed by atoms with Crippen LogP contribution in [0.3, 0.4) is 0 Å². The normalized spacial score (nSPS) is 12.0. The van der Waals surface area contributed by atoms with E-state index in [4.69, 9.17) is 10.1 Å². The van der Waals surface area contributed by atoms with Gasteiger partial charge in [0.2, 0.25) is 0 Å². The van der Waals surface area contributed by atoms with Gasteiger partial charge < -0.3 is 5.11 Å². The van der Waals surface area contributed by atoms with Crippen molar-refractivity contribution in [2.24, 2.45) is 0 Å². The van der Waals surface area contributed by atoms with Gasteiger partial charge in [-0.2, -0.15) is 0 Å². The first-order chi connectivity index (χ1) is 15.1. The molecule has 0 saturated carbocycles. The summed E-state index contributed by atoms with van der Waals surface area (Å²) in [7, 11) is 0. The van der Waals surface area contributed by atoms with Crippen LogP contribution in [0.1, 0.15) is 77.6 Å². The zero-order chi connectivity index (χ0) is 25.1. The van der Waals surface area contributed by atoms with Crippen molar-refractivity contribution in [1.82, 2.24) is 4.98 Å². The number of aromatic nitrogens is 1. The molecule has 0 bridgehead atoms. The van der Waals surface area contributed by atoms with Crippen molar-refractivity contribution in [3.8, 4) is 11.3 Å². The van der Waals surface area contributed by atoms with E-state index in [1.165, 1.54) is 47.6 Å². The van der Waals surface area contributed by atoms with E-state index >= 15 is 0 Å². The van der Waals surface area contributed by atoms with Crippen LogP contribution in [-0.4, -0.2) is 15.9 Å². The van der Waals surface area contributed by atoms with Crippen LogP contribution in [0.4, 0.5) is 0 Å². The van der Waals surface area contributed by atoms with Gasteiger partial charge in [0.25, 0.3) is 0 Å². The Morgan fingerprint density at radius 3 is 2.00 bits per heavy atom. The minimum Gasteiger partial charge on any atom is -0.512 e. The van der Waals surface area contributed by atoms with Gasteiger partial charge in [-0.15, -0.1) is 34.9 Å². The Balaban J connectivity index is 0.000000633. The number of rotatable bonds is 2. The molecule has 3 aromatic rings. The topological polar surface area (TPSA) is 50.2 Å². The SMILES string of the molecule is CC(=O)/C=C(/C)O.Cc1c[c-]c(-c2ccc3c(C(C)(C)C)cc(C(C)(C)C)cc3n2)cc1C.[Ir]. The number of aliphatic hydroxyl groups is 1. The summed E-state index contributed by atoms with van der Waals surface area (Å²) in [5.74, 6) is -0.0625. The Hall–Kier alpha value is -2.29. The van der Waals surface area contributed by atoms with Crippen molar-refractivity contribution >= 4 is 16.7 Å². The summed E-state index contributed by atoms with van der Waals surface area (Å²) in [6.45, 7) is 20.7. The van der Waals surface area contributed by atoms with Crippen molar-refractivity contribution in [3.05, 3.63) is 76.6 Å². The molecule has 1 radical (unpaired) electrons. The second-order valence-electron chi connectivity index (χ2n) is 10.9. The van der Waals surface area contributed by atoms with Crippen LogP contribution >= 0.6 is 0 Å². The van der Waals surface area contributed by atoms with Crippen molar-refractivity contribution in [2.45, 2.75) is 80.1 Å². The summed E-state index contributed by atoms with van der Waals surface area (Å²) >= 11 is 0. The number of benzene rings is 2. The van der Waals surface area contributed by atoms with Gasteiger partial charge in [0, 0.05) is 31.6 Å². The monoisotopic (exact) mass is 637 g/mol. The maximum absolute atomic E-state index is 10.0. The predicted octanol–water partition coefficient (Wildman–Crippen LogP) is 7.95. The van der Waals surface area contributed by atoms with E-state index in [-0.39, 0.29) is 42.5 Å². The Morgan fingerprint density at radius 1 is 0.941 bits per heavy atom.